The summed E-state index contributed by atoms with van der Waals surface area (Å²) in [5, 5.41) is 12.5. The van der Waals surface area contributed by atoms with Gasteiger partial charge in [0.05, 0.1) is 0 Å². The Hall–Kier alpha value is -1.85. The molecule has 0 saturated heterocycles. The Morgan fingerprint density at radius 3 is 2.50 bits per heavy atom. The summed E-state index contributed by atoms with van der Waals surface area (Å²) >= 11 is 3.48. The van der Waals surface area contributed by atoms with Crippen molar-refractivity contribution >= 4 is 21.9 Å². The third-order valence-corrected chi connectivity index (χ3v) is 4.57. The first-order valence-electron chi connectivity index (χ1n) is 8.78. The fraction of sp³-hybridized carbons (Fsp3) is 0.381. The van der Waals surface area contributed by atoms with Crippen molar-refractivity contribution in [2.75, 3.05) is 0 Å². The first-order valence-corrected chi connectivity index (χ1v) is 9.57. The molecule has 0 heterocycles. The molecule has 1 atom stereocenters. The van der Waals surface area contributed by atoms with Crippen molar-refractivity contribution in [1.29, 1.82) is 0 Å². The molecule has 2 aromatic rings. The lowest BCUT2D eigenvalue weighted by Gasteiger charge is -2.18. The number of carbonyl (C=O) groups is 1. The van der Waals surface area contributed by atoms with Crippen LogP contribution in [0.5, 0.6) is 5.75 Å². The highest BCUT2D eigenvalue weighted by atomic mass is 79.9. The largest absolute Gasteiger partial charge is 0.489 e. The quantitative estimate of drug-likeness (QED) is 0.604. The molecule has 1 unspecified atom stereocenters. The minimum Gasteiger partial charge on any atom is -0.489 e. The minimum atomic E-state index is -0.823. The zero-order chi connectivity index (χ0) is 19.1. The Bertz CT molecular complexity index is 729. The Morgan fingerprint density at radius 1 is 1.19 bits per heavy atom. The summed E-state index contributed by atoms with van der Waals surface area (Å²) in [6.45, 7) is 7.01. The standard InChI is InChI=1S/C21H26BrNO3/c1-14(2)10-19(21(24)25)23-12-17-11-18(22)8-9-20(17)26-13-16-6-4-15(3)5-7-16/h4-9,11,14,19,23H,10,12-13H2,1-3H3,(H,24,25). The van der Waals surface area contributed by atoms with Crippen LogP contribution in [0.2, 0.25) is 0 Å². The Morgan fingerprint density at radius 2 is 1.88 bits per heavy atom. The number of halogens is 1. The van der Waals surface area contributed by atoms with E-state index in [1.54, 1.807) is 0 Å². The molecule has 5 heteroatoms. The summed E-state index contributed by atoms with van der Waals surface area (Å²) in [5.41, 5.74) is 3.24. The zero-order valence-electron chi connectivity index (χ0n) is 15.5. The molecule has 2 rings (SSSR count). The van der Waals surface area contributed by atoms with Crippen LogP contribution in [0.1, 0.15) is 37.0 Å². The first-order chi connectivity index (χ1) is 12.3. The number of nitrogens with one attached hydrogen (secondary N) is 1. The lowest BCUT2D eigenvalue weighted by atomic mass is 10.0. The number of aryl methyl sites for hydroxylation is 1. The lowest BCUT2D eigenvalue weighted by molar-refractivity contribution is -0.140. The molecule has 0 spiro atoms. The molecular formula is C21H26BrNO3. The van der Waals surface area contributed by atoms with Crippen LogP contribution in [0.25, 0.3) is 0 Å². The van der Waals surface area contributed by atoms with Gasteiger partial charge in [0.2, 0.25) is 0 Å². The van der Waals surface area contributed by atoms with E-state index in [0.717, 1.165) is 21.3 Å². The first kappa shape index (κ1) is 20.5. The van der Waals surface area contributed by atoms with Gasteiger partial charge >= 0.3 is 5.97 Å². The molecule has 4 nitrogen and oxygen atoms in total. The molecule has 26 heavy (non-hydrogen) atoms. The predicted molar refractivity (Wildman–Crippen MR) is 107 cm³/mol. The lowest BCUT2D eigenvalue weighted by Crippen LogP contribution is -2.37. The van der Waals surface area contributed by atoms with Gasteiger partial charge in [0.1, 0.15) is 18.4 Å². The molecule has 0 fully saturated rings. The highest BCUT2D eigenvalue weighted by Gasteiger charge is 2.19. The van der Waals surface area contributed by atoms with Crippen molar-refractivity contribution in [3.63, 3.8) is 0 Å². The van der Waals surface area contributed by atoms with Gasteiger partial charge in [0, 0.05) is 16.6 Å². The highest BCUT2D eigenvalue weighted by molar-refractivity contribution is 9.10. The average molecular weight is 420 g/mol. The van der Waals surface area contributed by atoms with Gasteiger partial charge in [-0.3, -0.25) is 4.79 Å². The van der Waals surface area contributed by atoms with E-state index in [4.69, 9.17) is 4.74 Å². The number of carboxylic acids is 1. The van der Waals surface area contributed by atoms with E-state index in [9.17, 15) is 9.90 Å². The van der Waals surface area contributed by atoms with Crippen LogP contribution in [0.4, 0.5) is 0 Å². The molecule has 0 bridgehead atoms. The molecule has 0 aliphatic heterocycles. The second-order valence-corrected chi connectivity index (χ2v) is 7.84. The number of benzene rings is 2. The van der Waals surface area contributed by atoms with Crippen LogP contribution >= 0.6 is 15.9 Å². The number of hydrogen-bond acceptors (Lipinski definition) is 3. The van der Waals surface area contributed by atoms with Gasteiger partial charge in [-0.15, -0.1) is 0 Å². The topological polar surface area (TPSA) is 58.6 Å². The molecule has 0 aromatic heterocycles. The van der Waals surface area contributed by atoms with E-state index >= 15 is 0 Å². The molecule has 0 saturated carbocycles. The van der Waals surface area contributed by atoms with Gasteiger partial charge in [0.25, 0.3) is 0 Å². The van der Waals surface area contributed by atoms with Gasteiger partial charge in [-0.2, -0.15) is 0 Å². The normalized spacial score (nSPS) is 12.2. The van der Waals surface area contributed by atoms with Crippen LogP contribution < -0.4 is 10.1 Å². The third kappa shape index (κ3) is 6.46. The minimum absolute atomic E-state index is 0.309. The Balaban J connectivity index is 2.06. The van der Waals surface area contributed by atoms with E-state index in [2.05, 4.69) is 52.4 Å². The smallest absolute Gasteiger partial charge is 0.320 e. The van der Waals surface area contributed by atoms with Gasteiger partial charge in [-0.25, -0.2) is 0 Å². The fourth-order valence-electron chi connectivity index (χ4n) is 2.65. The maximum Gasteiger partial charge on any atom is 0.320 e. The zero-order valence-corrected chi connectivity index (χ0v) is 17.0. The van der Waals surface area contributed by atoms with Gasteiger partial charge in [-0.1, -0.05) is 59.6 Å². The summed E-state index contributed by atoms with van der Waals surface area (Å²) in [6.07, 6.45) is 0.586. The maximum atomic E-state index is 11.4. The molecular weight excluding hydrogens is 394 g/mol. The molecule has 2 N–H and O–H groups in total. The summed E-state index contributed by atoms with van der Waals surface area (Å²) in [5.74, 6) is 0.245. The molecule has 0 aliphatic rings. The van der Waals surface area contributed by atoms with Crippen molar-refractivity contribution in [2.45, 2.75) is 46.4 Å². The van der Waals surface area contributed by atoms with Crippen LogP contribution in [0.15, 0.2) is 46.9 Å². The number of carboxylic acid groups (broad SMARTS) is 1. The van der Waals surface area contributed by atoms with Crippen molar-refractivity contribution in [3.8, 4) is 5.75 Å². The van der Waals surface area contributed by atoms with Gasteiger partial charge in [-0.05, 0) is 43.0 Å². The van der Waals surface area contributed by atoms with Crippen LogP contribution in [-0.2, 0) is 17.9 Å². The maximum absolute atomic E-state index is 11.4. The monoisotopic (exact) mass is 419 g/mol. The molecule has 140 valence electrons. The molecule has 0 aliphatic carbocycles. The van der Waals surface area contributed by atoms with E-state index in [1.165, 1.54) is 5.56 Å². The van der Waals surface area contributed by atoms with E-state index < -0.39 is 12.0 Å². The Labute approximate surface area is 163 Å². The van der Waals surface area contributed by atoms with E-state index in [-0.39, 0.29) is 0 Å². The highest BCUT2D eigenvalue weighted by Crippen LogP contribution is 2.24. The van der Waals surface area contributed by atoms with Gasteiger partial charge < -0.3 is 15.2 Å². The van der Waals surface area contributed by atoms with Crippen LogP contribution in [0.3, 0.4) is 0 Å². The summed E-state index contributed by atoms with van der Waals surface area (Å²) in [6, 6.07) is 13.5. The summed E-state index contributed by atoms with van der Waals surface area (Å²) in [7, 11) is 0. The van der Waals surface area contributed by atoms with Crippen LogP contribution in [0, 0.1) is 12.8 Å². The summed E-state index contributed by atoms with van der Waals surface area (Å²) in [4.78, 5) is 11.4. The van der Waals surface area contributed by atoms with Gasteiger partial charge in [0.15, 0.2) is 0 Å². The second-order valence-electron chi connectivity index (χ2n) is 6.93. The van der Waals surface area contributed by atoms with Crippen molar-refractivity contribution in [2.24, 2.45) is 5.92 Å². The average Bonchev–Trinajstić information content (AvgIpc) is 2.58. The number of hydrogen-bond donors (Lipinski definition) is 2. The number of ether oxygens (including phenoxy) is 1. The van der Waals surface area contributed by atoms with E-state index in [0.29, 0.717) is 25.5 Å². The van der Waals surface area contributed by atoms with Crippen LogP contribution in [-0.4, -0.2) is 17.1 Å². The number of aliphatic carboxylic acids is 1. The molecule has 2 aromatic carbocycles. The second kappa shape index (κ2) is 9.74. The van der Waals surface area contributed by atoms with E-state index in [1.807, 2.05) is 32.0 Å². The van der Waals surface area contributed by atoms with Crippen molar-refractivity contribution in [1.82, 2.24) is 5.32 Å². The molecule has 0 radical (unpaired) electrons. The third-order valence-electron chi connectivity index (χ3n) is 4.08. The summed E-state index contributed by atoms with van der Waals surface area (Å²) < 4.78 is 6.92. The molecule has 0 amide bonds. The fourth-order valence-corrected chi connectivity index (χ4v) is 3.06. The Kier molecular flexibility index (Phi) is 7.66. The number of rotatable bonds is 9. The van der Waals surface area contributed by atoms with Crippen molar-refractivity contribution in [3.05, 3.63) is 63.6 Å². The van der Waals surface area contributed by atoms with Crippen molar-refractivity contribution < 1.29 is 14.6 Å². The predicted octanol–water partition coefficient (Wildman–Crippen LogP) is 4.93. The SMILES string of the molecule is Cc1ccc(COc2ccc(Br)cc2CNC(CC(C)C)C(=O)O)cc1.